The smallest absolute Gasteiger partial charge is 0 e. The molecule has 0 radical (unpaired) electrons. The van der Waals surface area contributed by atoms with Crippen molar-refractivity contribution in [1.29, 1.82) is 0 Å². The molecular weight excluding hydrogens is 176 g/mol. The molecule has 0 spiro atoms. The normalized spacial score (nSPS) is 4.75. The van der Waals surface area contributed by atoms with Crippen LogP contribution in [0.15, 0.2) is 0 Å². The van der Waals surface area contributed by atoms with E-state index in [-0.39, 0.29) is 21.7 Å². The van der Waals surface area contributed by atoms with Crippen molar-refractivity contribution in [3.8, 4) is 0 Å². The Balaban J connectivity index is -0.0000000575. The maximum absolute atomic E-state index is 8.50. The summed E-state index contributed by atoms with van der Waals surface area (Å²) < 4.78 is 17.0. The molecule has 4 heteroatoms. The Labute approximate surface area is 73.9 Å². The van der Waals surface area contributed by atoms with Crippen molar-refractivity contribution < 1.29 is 47.5 Å². The van der Waals surface area contributed by atoms with Gasteiger partial charge in [-0.15, -0.1) is 0 Å². The molecule has 0 N–H and O–H groups in total. The van der Waals surface area contributed by atoms with Gasteiger partial charge < -0.3 is 0 Å². The van der Waals surface area contributed by atoms with Crippen LogP contribution in [-0.2, 0) is 47.5 Å². The summed E-state index contributed by atoms with van der Waals surface area (Å²) in [6.07, 6.45) is 2.64. The topological polar surface area (TPSA) is 34.1 Å². The van der Waals surface area contributed by atoms with E-state index in [1.165, 1.54) is 12.8 Å². The van der Waals surface area contributed by atoms with Crippen molar-refractivity contribution in [3.05, 3.63) is 0 Å². The van der Waals surface area contributed by atoms with E-state index in [0.29, 0.717) is 0 Å². The Kier molecular flexibility index (Phi) is 48.9. The van der Waals surface area contributed by atoms with Gasteiger partial charge in [-0.05, 0) is 0 Å². The second-order valence-electron chi connectivity index (χ2n) is 1.08. The summed E-state index contributed by atoms with van der Waals surface area (Å²) in [5.74, 6) is 0. The van der Waals surface area contributed by atoms with Gasteiger partial charge in [-0.3, -0.25) is 0 Å². The number of hydrogen-bond acceptors (Lipinski definition) is 2. The van der Waals surface area contributed by atoms with Crippen LogP contribution in [0.2, 0.25) is 0 Å². The fraction of sp³-hybridized carbons (Fsp3) is 1.00. The van der Waals surface area contributed by atoms with Crippen LogP contribution in [0.5, 0.6) is 0 Å². The minimum atomic E-state index is -2.00. The zero-order valence-corrected chi connectivity index (χ0v) is 8.35. The van der Waals surface area contributed by atoms with Crippen LogP contribution in [0.4, 0.5) is 0 Å². The van der Waals surface area contributed by atoms with Crippen LogP contribution in [0.25, 0.3) is 0 Å². The molecule has 2 nitrogen and oxygen atoms in total. The summed E-state index contributed by atoms with van der Waals surface area (Å²) in [6, 6.07) is 0. The van der Waals surface area contributed by atoms with E-state index in [2.05, 4.69) is 13.8 Å². The quantitative estimate of drug-likeness (QED) is 0.582. The van der Waals surface area contributed by atoms with Gasteiger partial charge in [0.25, 0.3) is 0 Å². The van der Waals surface area contributed by atoms with Gasteiger partial charge in [0.05, 0.1) is 0 Å². The Hall–Kier alpha value is 1.03. The van der Waals surface area contributed by atoms with Crippen LogP contribution in [0.1, 0.15) is 26.7 Å². The molecule has 0 aromatic heterocycles. The molecule has 0 aliphatic heterocycles. The maximum atomic E-state index is 8.50. The predicted octanol–water partition coefficient (Wildman–Crippen LogP) is 1.56. The van der Waals surface area contributed by atoms with Crippen LogP contribution in [0.3, 0.4) is 0 Å². The molecule has 0 bridgehead atoms. The minimum absolute atomic E-state index is 0. The Morgan fingerprint density at radius 2 is 1.25 bits per heavy atom. The number of rotatable bonds is 1. The summed E-state index contributed by atoms with van der Waals surface area (Å²) in [4.78, 5) is 0. The van der Waals surface area contributed by atoms with Crippen molar-refractivity contribution in [3.63, 3.8) is 0 Å². The minimum Gasteiger partial charge on any atom is 0 e. The van der Waals surface area contributed by atoms with E-state index in [4.69, 9.17) is 6.65 Å². The Morgan fingerprint density at radius 1 is 1.12 bits per heavy atom. The van der Waals surface area contributed by atoms with Crippen molar-refractivity contribution in [2.24, 2.45) is 0 Å². The van der Waals surface area contributed by atoms with Crippen LogP contribution in [0, 0.1) is 0 Å². The van der Waals surface area contributed by atoms with E-state index in [0.717, 1.165) is 0 Å². The first-order chi connectivity index (χ1) is 3.33. The molecule has 0 saturated carbocycles. The summed E-state index contributed by atoms with van der Waals surface area (Å²) in [7, 11) is 0. The molecule has 0 aliphatic carbocycles. The van der Waals surface area contributed by atoms with Crippen LogP contribution >= 0.6 is 0 Å². The average Bonchev–Trinajstić information content (AvgIpc) is 1.69. The Bertz CT molecular complexity index is 48.0. The molecule has 0 atom stereocenters. The molecule has 0 unspecified atom stereocenters. The van der Waals surface area contributed by atoms with Crippen molar-refractivity contribution >= 4 is 0 Å². The molecule has 0 rings (SSSR count). The van der Waals surface area contributed by atoms with Gasteiger partial charge >= 0.3 is 25.7 Å². The third-order valence-corrected chi connectivity index (χ3v) is 0.500. The summed E-state index contributed by atoms with van der Waals surface area (Å²) in [5, 5.41) is 0. The van der Waals surface area contributed by atoms with Gasteiger partial charge in [0.1, 0.15) is 0 Å². The van der Waals surface area contributed by atoms with Crippen LogP contribution in [-0.4, -0.2) is 0 Å². The fourth-order valence-corrected chi connectivity index (χ4v) is 0. The predicted molar refractivity (Wildman–Crippen MR) is 22.0 cm³/mol. The molecule has 0 aromatic rings. The summed E-state index contributed by atoms with van der Waals surface area (Å²) in [5.41, 5.74) is 0. The zero-order valence-electron chi connectivity index (χ0n) is 5.23. The molecule has 0 aromatic carbocycles. The van der Waals surface area contributed by atoms with Gasteiger partial charge in [-0.25, -0.2) is 0 Å². The zero-order chi connectivity index (χ0) is 6.12. The summed E-state index contributed by atoms with van der Waals surface area (Å²) in [6.45, 7) is 4.36. The van der Waals surface area contributed by atoms with E-state index in [1.807, 2.05) is 0 Å². The average molecular weight is 186 g/mol. The third-order valence-electron chi connectivity index (χ3n) is 0.500. The molecule has 0 amide bonds. The monoisotopic (exact) mass is 186 g/mol. The number of hydrogen-bond donors (Lipinski definition) is 0. The molecular formula is C4H10O2Ti2. The largest absolute Gasteiger partial charge is 0 e. The van der Waals surface area contributed by atoms with Gasteiger partial charge in [-0.2, -0.15) is 0 Å². The Morgan fingerprint density at radius 3 is 1.25 bits per heavy atom. The van der Waals surface area contributed by atoms with Gasteiger partial charge in [0.15, 0.2) is 0 Å². The van der Waals surface area contributed by atoms with E-state index < -0.39 is 19.1 Å². The molecule has 0 saturated heterocycles. The maximum Gasteiger partial charge on any atom is 0 e. The first-order valence-electron chi connectivity index (χ1n) is 2.32. The summed E-state index contributed by atoms with van der Waals surface area (Å²) >= 11 is -2.00. The second-order valence-corrected chi connectivity index (χ2v) is 1.34. The molecule has 0 fully saturated rings. The van der Waals surface area contributed by atoms with E-state index in [9.17, 15) is 0 Å². The van der Waals surface area contributed by atoms with Gasteiger partial charge in [-0.1, -0.05) is 26.7 Å². The number of unbranched alkanes of at least 4 members (excludes halogenated alkanes) is 1. The van der Waals surface area contributed by atoms with Crippen molar-refractivity contribution in [1.82, 2.24) is 0 Å². The standard InChI is InChI=1S/C4H10.2O.2Ti/c1-3-4-2;;;;/h3-4H2,1-2H3;;;;. The first kappa shape index (κ1) is 16.0. The molecule has 0 heterocycles. The van der Waals surface area contributed by atoms with Gasteiger partial charge in [0.2, 0.25) is 0 Å². The van der Waals surface area contributed by atoms with Gasteiger partial charge in [0, 0.05) is 21.7 Å². The molecule has 8 heavy (non-hydrogen) atoms. The SMILES string of the molecule is CCCC.[O]=[Ti]=[O].[Ti]. The molecule has 46 valence electrons. The van der Waals surface area contributed by atoms with E-state index in [1.54, 1.807) is 0 Å². The van der Waals surface area contributed by atoms with Crippen molar-refractivity contribution in [2.45, 2.75) is 26.7 Å². The van der Waals surface area contributed by atoms with Crippen molar-refractivity contribution in [2.75, 3.05) is 0 Å². The molecule has 0 aliphatic rings. The second kappa shape index (κ2) is 24.4. The fourth-order valence-electron chi connectivity index (χ4n) is 0. The first-order valence-corrected chi connectivity index (χ1v) is 3.60. The van der Waals surface area contributed by atoms with Crippen LogP contribution < -0.4 is 0 Å². The van der Waals surface area contributed by atoms with E-state index >= 15 is 0 Å². The third kappa shape index (κ3) is 62.1.